The standard InChI is InChI=1S/C7H16INO/c1-4-6(10)7(8)9-5(2)3/h5-7,9-10H,4H2,1-3H3. The number of alkyl halides is 1. The molecule has 0 fully saturated rings. The van der Waals surface area contributed by atoms with Gasteiger partial charge in [0.1, 0.15) is 0 Å². The van der Waals surface area contributed by atoms with Gasteiger partial charge < -0.3 is 10.4 Å². The summed E-state index contributed by atoms with van der Waals surface area (Å²) in [6, 6.07) is 0.447. The van der Waals surface area contributed by atoms with Gasteiger partial charge in [-0.25, -0.2) is 0 Å². The molecule has 10 heavy (non-hydrogen) atoms. The average molecular weight is 257 g/mol. The summed E-state index contributed by atoms with van der Waals surface area (Å²) in [5, 5.41) is 12.5. The quantitative estimate of drug-likeness (QED) is 0.454. The van der Waals surface area contributed by atoms with E-state index in [1.165, 1.54) is 0 Å². The fraction of sp³-hybridized carbons (Fsp3) is 1.00. The molecular weight excluding hydrogens is 241 g/mol. The second-order valence-corrected chi connectivity index (χ2v) is 4.04. The number of aliphatic hydroxyl groups is 1. The molecule has 0 aliphatic rings. The Balaban J connectivity index is 3.50. The molecule has 0 aliphatic heterocycles. The highest BCUT2D eigenvalue weighted by Gasteiger charge is 2.13. The third-order valence-electron chi connectivity index (χ3n) is 1.25. The molecule has 0 rings (SSSR count). The molecule has 2 N–H and O–H groups in total. The molecule has 0 saturated heterocycles. The summed E-state index contributed by atoms with van der Waals surface area (Å²) in [6.45, 7) is 6.14. The lowest BCUT2D eigenvalue weighted by Gasteiger charge is -2.19. The van der Waals surface area contributed by atoms with E-state index in [4.69, 9.17) is 0 Å². The third kappa shape index (κ3) is 4.46. The Bertz CT molecular complexity index is 87.7. The van der Waals surface area contributed by atoms with Crippen molar-refractivity contribution in [3.63, 3.8) is 0 Å². The number of nitrogens with one attached hydrogen (secondary N) is 1. The maximum Gasteiger partial charge on any atom is 0.0858 e. The highest BCUT2D eigenvalue weighted by atomic mass is 127. The van der Waals surface area contributed by atoms with Crippen molar-refractivity contribution in [3.8, 4) is 0 Å². The summed E-state index contributed by atoms with van der Waals surface area (Å²) in [6.07, 6.45) is 0.593. The van der Waals surface area contributed by atoms with Gasteiger partial charge in [-0.3, -0.25) is 0 Å². The van der Waals surface area contributed by atoms with Crippen molar-refractivity contribution in [2.75, 3.05) is 0 Å². The summed E-state index contributed by atoms with van der Waals surface area (Å²) in [5.74, 6) is 0. The molecule has 0 aromatic rings. The van der Waals surface area contributed by atoms with Crippen LogP contribution in [0.5, 0.6) is 0 Å². The first-order chi connectivity index (χ1) is 4.57. The van der Waals surface area contributed by atoms with Gasteiger partial charge in [0.25, 0.3) is 0 Å². The summed E-state index contributed by atoms with van der Waals surface area (Å²) in [5.41, 5.74) is 0. The molecule has 0 aromatic heterocycles. The van der Waals surface area contributed by atoms with Gasteiger partial charge in [-0.1, -0.05) is 29.5 Å². The molecule has 0 spiro atoms. The van der Waals surface area contributed by atoms with Crippen molar-refractivity contribution in [1.82, 2.24) is 5.32 Å². The lowest BCUT2D eigenvalue weighted by molar-refractivity contribution is 0.158. The zero-order valence-electron chi connectivity index (χ0n) is 6.76. The minimum atomic E-state index is -0.219. The first kappa shape index (κ1) is 10.7. The molecule has 2 nitrogen and oxygen atoms in total. The molecule has 62 valence electrons. The fourth-order valence-electron chi connectivity index (χ4n) is 0.636. The Morgan fingerprint density at radius 1 is 1.50 bits per heavy atom. The summed E-state index contributed by atoms with van der Waals surface area (Å²) in [7, 11) is 0. The van der Waals surface area contributed by atoms with Gasteiger partial charge in [0.2, 0.25) is 0 Å². The topological polar surface area (TPSA) is 32.3 Å². The van der Waals surface area contributed by atoms with Crippen LogP contribution in [0.25, 0.3) is 0 Å². The zero-order chi connectivity index (χ0) is 8.15. The van der Waals surface area contributed by atoms with E-state index in [1.54, 1.807) is 0 Å². The van der Waals surface area contributed by atoms with Gasteiger partial charge in [-0.05, 0) is 20.3 Å². The van der Waals surface area contributed by atoms with E-state index in [0.717, 1.165) is 6.42 Å². The maximum absolute atomic E-state index is 9.31. The van der Waals surface area contributed by atoms with E-state index in [9.17, 15) is 5.11 Å². The Hall–Kier alpha value is 0.650. The summed E-state index contributed by atoms with van der Waals surface area (Å²) in [4.78, 5) is 0. The highest BCUT2D eigenvalue weighted by Crippen LogP contribution is 2.06. The smallest absolute Gasteiger partial charge is 0.0858 e. The molecule has 2 unspecified atom stereocenters. The first-order valence-corrected chi connectivity index (χ1v) is 4.90. The zero-order valence-corrected chi connectivity index (χ0v) is 8.92. The van der Waals surface area contributed by atoms with Crippen LogP contribution in [0.3, 0.4) is 0 Å². The van der Waals surface area contributed by atoms with E-state index in [-0.39, 0.29) is 10.2 Å². The molecule has 3 heteroatoms. The highest BCUT2D eigenvalue weighted by molar-refractivity contribution is 14.1. The molecule has 0 amide bonds. The molecular formula is C7H16INO. The van der Waals surface area contributed by atoms with Crippen LogP contribution >= 0.6 is 22.6 Å². The van der Waals surface area contributed by atoms with Crippen molar-refractivity contribution in [2.24, 2.45) is 0 Å². The SMILES string of the molecule is CCC(O)C(I)NC(C)C. The largest absolute Gasteiger partial charge is 0.391 e. The van der Waals surface area contributed by atoms with Crippen LogP contribution in [-0.4, -0.2) is 21.3 Å². The van der Waals surface area contributed by atoms with Crippen LogP contribution in [-0.2, 0) is 0 Å². The van der Waals surface area contributed by atoms with Crippen molar-refractivity contribution in [1.29, 1.82) is 0 Å². The van der Waals surface area contributed by atoms with E-state index in [0.29, 0.717) is 6.04 Å². The summed E-state index contributed by atoms with van der Waals surface area (Å²) >= 11 is 2.22. The Morgan fingerprint density at radius 2 is 2.00 bits per heavy atom. The number of hydrogen-bond donors (Lipinski definition) is 2. The molecule has 0 aromatic carbocycles. The van der Waals surface area contributed by atoms with E-state index < -0.39 is 0 Å². The van der Waals surface area contributed by atoms with Crippen molar-refractivity contribution in [3.05, 3.63) is 0 Å². The van der Waals surface area contributed by atoms with Gasteiger partial charge in [0.15, 0.2) is 0 Å². The second-order valence-electron chi connectivity index (χ2n) is 2.70. The van der Waals surface area contributed by atoms with E-state index in [2.05, 4.69) is 41.8 Å². The van der Waals surface area contributed by atoms with Crippen LogP contribution in [0.15, 0.2) is 0 Å². The van der Waals surface area contributed by atoms with Gasteiger partial charge in [-0.15, -0.1) is 0 Å². The molecule has 0 heterocycles. The molecule has 0 aliphatic carbocycles. The maximum atomic E-state index is 9.31. The van der Waals surface area contributed by atoms with Gasteiger partial charge in [0.05, 0.1) is 10.2 Å². The second kappa shape index (κ2) is 5.32. The Kier molecular flexibility index (Phi) is 5.67. The minimum absolute atomic E-state index is 0.183. The van der Waals surface area contributed by atoms with Gasteiger partial charge in [0, 0.05) is 6.04 Å². The van der Waals surface area contributed by atoms with Crippen LogP contribution in [0.2, 0.25) is 0 Å². The molecule has 2 atom stereocenters. The fourth-order valence-corrected chi connectivity index (χ4v) is 1.86. The normalized spacial score (nSPS) is 17.4. The van der Waals surface area contributed by atoms with Crippen LogP contribution in [0, 0.1) is 0 Å². The Morgan fingerprint density at radius 3 is 2.30 bits per heavy atom. The molecule has 0 bridgehead atoms. The molecule has 0 saturated carbocycles. The first-order valence-electron chi connectivity index (χ1n) is 3.66. The predicted octanol–water partition coefficient (Wildman–Crippen LogP) is 1.52. The van der Waals surface area contributed by atoms with Gasteiger partial charge >= 0.3 is 0 Å². The number of aliphatic hydroxyl groups excluding tert-OH is 1. The lowest BCUT2D eigenvalue weighted by atomic mass is 10.2. The van der Waals surface area contributed by atoms with Gasteiger partial charge in [-0.2, -0.15) is 0 Å². The van der Waals surface area contributed by atoms with Crippen LogP contribution in [0.4, 0.5) is 0 Å². The van der Waals surface area contributed by atoms with Crippen molar-refractivity contribution < 1.29 is 5.11 Å². The van der Waals surface area contributed by atoms with Crippen LogP contribution < -0.4 is 5.32 Å². The monoisotopic (exact) mass is 257 g/mol. The van der Waals surface area contributed by atoms with E-state index >= 15 is 0 Å². The van der Waals surface area contributed by atoms with Crippen molar-refractivity contribution >= 4 is 22.6 Å². The number of hydrogen-bond acceptors (Lipinski definition) is 2. The number of rotatable bonds is 4. The molecule has 0 radical (unpaired) electrons. The average Bonchev–Trinajstić information content (AvgIpc) is 1.85. The van der Waals surface area contributed by atoms with Crippen molar-refractivity contribution in [2.45, 2.75) is 43.4 Å². The summed E-state index contributed by atoms with van der Waals surface area (Å²) < 4.78 is 0.183. The number of halogens is 1. The van der Waals surface area contributed by atoms with Crippen LogP contribution in [0.1, 0.15) is 27.2 Å². The lowest BCUT2D eigenvalue weighted by Crippen LogP contribution is -2.38. The third-order valence-corrected chi connectivity index (χ3v) is 2.44. The minimum Gasteiger partial charge on any atom is -0.391 e. The Labute approximate surface area is 76.5 Å². The van der Waals surface area contributed by atoms with E-state index in [1.807, 2.05) is 6.92 Å². The predicted molar refractivity (Wildman–Crippen MR) is 52.4 cm³/mol.